The first-order chi connectivity index (χ1) is 8.91. The van der Waals surface area contributed by atoms with Gasteiger partial charge in [-0.15, -0.1) is 0 Å². The fraction of sp³-hybridized carbons (Fsp3) is 0.308. The minimum absolute atomic E-state index is 0.0233. The van der Waals surface area contributed by atoms with Crippen molar-refractivity contribution < 1.29 is 23.9 Å². The van der Waals surface area contributed by atoms with E-state index in [1.807, 2.05) is 0 Å². The molecule has 0 saturated heterocycles. The van der Waals surface area contributed by atoms with Crippen LogP contribution >= 0.6 is 0 Å². The van der Waals surface area contributed by atoms with E-state index in [0.717, 1.165) is 6.07 Å². The highest BCUT2D eigenvalue weighted by Gasteiger charge is 2.24. The zero-order valence-electron chi connectivity index (χ0n) is 10.4. The van der Waals surface area contributed by atoms with E-state index in [2.05, 4.69) is 5.32 Å². The second-order valence-electron chi connectivity index (χ2n) is 4.06. The number of carbonyl (C=O) groups is 3. The lowest BCUT2D eigenvalue weighted by Gasteiger charge is -2.15. The van der Waals surface area contributed by atoms with Crippen molar-refractivity contribution >= 4 is 17.7 Å². The fourth-order valence-electron chi connectivity index (χ4n) is 1.50. The van der Waals surface area contributed by atoms with Crippen molar-refractivity contribution in [2.75, 3.05) is 0 Å². The number of carbonyl (C=O) groups excluding carboxylic acids is 2. The number of nitrogens with one attached hydrogen (secondary N) is 1. The van der Waals surface area contributed by atoms with Crippen LogP contribution in [-0.4, -0.2) is 22.8 Å². The lowest BCUT2D eigenvalue weighted by Crippen LogP contribution is -2.34. The van der Waals surface area contributed by atoms with Gasteiger partial charge in [-0.3, -0.25) is 4.79 Å². The molecule has 6 heteroatoms. The van der Waals surface area contributed by atoms with Gasteiger partial charge in [-0.2, -0.15) is 0 Å². The van der Waals surface area contributed by atoms with Gasteiger partial charge in [0.25, 0.3) is 0 Å². The van der Waals surface area contributed by atoms with E-state index in [-0.39, 0.29) is 24.2 Å². The van der Waals surface area contributed by atoms with Crippen LogP contribution in [0.5, 0.6) is 0 Å². The molecule has 0 heterocycles. The van der Waals surface area contributed by atoms with Crippen LogP contribution in [-0.2, 0) is 14.4 Å². The molecule has 0 fully saturated rings. The number of carboxylic acids is 1. The summed E-state index contributed by atoms with van der Waals surface area (Å²) in [6.07, 6.45) is -0.0942. The number of ketones is 1. The van der Waals surface area contributed by atoms with Gasteiger partial charge in [0.05, 0.1) is 0 Å². The van der Waals surface area contributed by atoms with Gasteiger partial charge in [0.15, 0.2) is 6.04 Å². The first-order valence-corrected chi connectivity index (χ1v) is 5.68. The molecule has 5 nitrogen and oxygen atoms in total. The number of amides is 1. The zero-order chi connectivity index (χ0) is 14.4. The first-order valence-electron chi connectivity index (χ1n) is 5.68. The van der Waals surface area contributed by atoms with Crippen molar-refractivity contribution in [1.29, 1.82) is 0 Å². The molecule has 1 rings (SSSR count). The number of carboxylic acid groups (broad SMARTS) is 1. The summed E-state index contributed by atoms with van der Waals surface area (Å²) in [7, 11) is 0. The predicted octanol–water partition coefficient (Wildman–Crippen LogP) is 1.44. The molecule has 0 spiro atoms. The lowest BCUT2D eigenvalue weighted by molar-refractivity contribution is -0.142. The number of halogens is 1. The van der Waals surface area contributed by atoms with E-state index >= 15 is 0 Å². The zero-order valence-corrected chi connectivity index (χ0v) is 10.4. The van der Waals surface area contributed by atoms with Gasteiger partial charge in [0.2, 0.25) is 5.91 Å². The van der Waals surface area contributed by atoms with Crippen molar-refractivity contribution in [1.82, 2.24) is 5.32 Å². The van der Waals surface area contributed by atoms with Gasteiger partial charge in [0, 0.05) is 18.4 Å². The molecule has 0 radical (unpaired) electrons. The van der Waals surface area contributed by atoms with Crippen LogP contribution < -0.4 is 5.32 Å². The Morgan fingerprint density at radius 3 is 2.42 bits per heavy atom. The Hall–Kier alpha value is -2.24. The van der Waals surface area contributed by atoms with Gasteiger partial charge in [-0.25, -0.2) is 9.18 Å². The lowest BCUT2D eigenvalue weighted by atomic mass is 10.1. The Morgan fingerprint density at radius 2 is 1.89 bits per heavy atom. The summed E-state index contributed by atoms with van der Waals surface area (Å²) in [6, 6.07) is 3.86. The highest BCUT2D eigenvalue weighted by atomic mass is 19.1. The summed E-state index contributed by atoms with van der Waals surface area (Å²) in [6.45, 7) is 1.33. The number of aliphatic carboxylic acids is 1. The maximum Gasteiger partial charge on any atom is 0.331 e. The van der Waals surface area contributed by atoms with E-state index in [9.17, 15) is 18.8 Å². The Balaban J connectivity index is 2.80. The van der Waals surface area contributed by atoms with E-state index in [1.54, 1.807) is 0 Å². The SMILES string of the molecule is CC(=O)CCC(=O)NC(C(=O)O)c1ccccc1F. The number of hydrogen-bond donors (Lipinski definition) is 2. The number of benzene rings is 1. The molecule has 0 aliphatic heterocycles. The summed E-state index contributed by atoms with van der Waals surface area (Å²) in [5, 5.41) is 11.2. The Bertz CT molecular complexity index is 501. The largest absolute Gasteiger partial charge is 0.479 e. The normalized spacial score (nSPS) is 11.7. The molecule has 0 saturated carbocycles. The van der Waals surface area contributed by atoms with Crippen molar-refractivity contribution in [3.05, 3.63) is 35.6 Å². The number of Topliss-reactive ketones (excluding diaryl/α,β-unsaturated/α-hetero) is 1. The Labute approximate surface area is 109 Å². The van der Waals surface area contributed by atoms with Crippen LogP contribution in [0.25, 0.3) is 0 Å². The van der Waals surface area contributed by atoms with E-state index < -0.39 is 23.7 Å². The Morgan fingerprint density at radius 1 is 1.26 bits per heavy atom. The van der Waals surface area contributed by atoms with Crippen molar-refractivity contribution in [3.8, 4) is 0 Å². The molecular formula is C13H14FNO4. The van der Waals surface area contributed by atoms with Gasteiger partial charge in [-0.05, 0) is 13.0 Å². The smallest absolute Gasteiger partial charge is 0.331 e. The average molecular weight is 267 g/mol. The Kier molecular flexibility index (Phi) is 5.17. The van der Waals surface area contributed by atoms with Crippen LogP contribution in [0, 0.1) is 5.82 Å². The molecule has 1 amide bonds. The minimum atomic E-state index is -1.46. The van der Waals surface area contributed by atoms with Crippen molar-refractivity contribution in [2.24, 2.45) is 0 Å². The van der Waals surface area contributed by atoms with Crippen LogP contribution in [0.3, 0.4) is 0 Å². The molecule has 2 N–H and O–H groups in total. The molecule has 0 aromatic heterocycles. The quantitative estimate of drug-likeness (QED) is 0.816. The van der Waals surface area contributed by atoms with Crippen molar-refractivity contribution in [2.45, 2.75) is 25.8 Å². The highest BCUT2D eigenvalue weighted by molar-refractivity contribution is 5.87. The second-order valence-corrected chi connectivity index (χ2v) is 4.06. The maximum absolute atomic E-state index is 13.5. The van der Waals surface area contributed by atoms with E-state index in [1.165, 1.54) is 25.1 Å². The first kappa shape index (κ1) is 14.8. The summed E-state index contributed by atoms with van der Waals surface area (Å²) < 4.78 is 13.5. The van der Waals surface area contributed by atoms with E-state index in [0.29, 0.717) is 0 Å². The van der Waals surface area contributed by atoms with E-state index in [4.69, 9.17) is 5.11 Å². The summed E-state index contributed by atoms with van der Waals surface area (Å²) in [5.74, 6) is -2.85. The summed E-state index contributed by atoms with van der Waals surface area (Å²) in [5.41, 5.74) is -0.119. The third-order valence-electron chi connectivity index (χ3n) is 2.47. The van der Waals surface area contributed by atoms with Crippen molar-refractivity contribution in [3.63, 3.8) is 0 Å². The van der Waals surface area contributed by atoms with Crippen LogP contribution in [0.15, 0.2) is 24.3 Å². The summed E-state index contributed by atoms with van der Waals surface area (Å²) in [4.78, 5) is 33.3. The van der Waals surface area contributed by atoms with Crippen LogP contribution in [0.4, 0.5) is 4.39 Å². The van der Waals surface area contributed by atoms with Gasteiger partial charge >= 0.3 is 5.97 Å². The minimum Gasteiger partial charge on any atom is -0.479 e. The molecule has 0 aliphatic carbocycles. The molecule has 0 aliphatic rings. The molecule has 1 aromatic rings. The maximum atomic E-state index is 13.5. The average Bonchev–Trinajstić information content (AvgIpc) is 2.34. The molecule has 0 bridgehead atoms. The molecule has 1 aromatic carbocycles. The van der Waals surface area contributed by atoms with Gasteiger partial charge < -0.3 is 15.2 Å². The van der Waals surface area contributed by atoms with Crippen LogP contribution in [0.1, 0.15) is 31.4 Å². The molecule has 1 unspecified atom stereocenters. The summed E-state index contributed by atoms with van der Waals surface area (Å²) >= 11 is 0. The third kappa shape index (κ3) is 4.50. The standard InChI is InChI=1S/C13H14FNO4/c1-8(16)6-7-11(17)15-12(13(18)19)9-4-2-3-5-10(9)14/h2-5,12H,6-7H2,1H3,(H,15,17)(H,18,19). The molecule has 19 heavy (non-hydrogen) atoms. The predicted molar refractivity (Wildman–Crippen MR) is 64.8 cm³/mol. The fourth-order valence-corrected chi connectivity index (χ4v) is 1.50. The monoisotopic (exact) mass is 267 g/mol. The molecule has 102 valence electrons. The third-order valence-corrected chi connectivity index (χ3v) is 2.47. The topological polar surface area (TPSA) is 83.5 Å². The molecular weight excluding hydrogens is 253 g/mol. The van der Waals surface area contributed by atoms with Gasteiger partial charge in [0.1, 0.15) is 11.6 Å². The van der Waals surface area contributed by atoms with Crippen LogP contribution in [0.2, 0.25) is 0 Å². The molecule has 1 atom stereocenters. The van der Waals surface area contributed by atoms with Gasteiger partial charge in [-0.1, -0.05) is 18.2 Å². The number of hydrogen-bond acceptors (Lipinski definition) is 3. The second kappa shape index (κ2) is 6.63. The number of rotatable bonds is 6. The highest BCUT2D eigenvalue weighted by Crippen LogP contribution is 2.17.